The van der Waals surface area contributed by atoms with Gasteiger partial charge in [0.1, 0.15) is 0 Å². The largest absolute Gasteiger partial charge is 0.337 e. The molecule has 0 aliphatic carbocycles. The molecular weight excluding hydrogens is 344 g/mol. The first-order valence-electron chi connectivity index (χ1n) is 8.39. The smallest absolute Gasteiger partial charge is 0.236 e. The fourth-order valence-corrected chi connectivity index (χ4v) is 5.93. The van der Waals surface area contributed by atoms with Crippen LogP contribution in [0.4, 0.5) is 0 Å². The minimum atomic E-state index is -3.31. The number of carbonyl (C=O) groups excluding carboxylic acids is 1. The molecule has 1 aliphatic rings. The molecule has 24 heavy (non-hydrogen) atoms. The second-order valence-corrected chi connectivity index (χ2v) is 9.55. The minimum absolute atomic E-state index is 0.0376. The van der Waals surface area contributed by atoms with E-state index in [-0.39, 0.29) is 23.0 Å². The Morgan fingerprint density at radius 2 is 2.12 bits per heavy atom. The van der Waals surface area contributed by atoms with Crippen LogP contribution in [0.25, 0.3) is 0 Å². The van der Waals surface area contributed by atoms with Crippen LogP contribution >= 0.6 is 11.8 Å². The summed E-state index contributed by atoms with van der Waals surface area (Å²) in [6.45, 7) is 4.90. The van der Waals surface area contributed by atoms with Crippen molar-refractivity contribution in [3.63, 3.8) is 0 Å². The molecule has 1 amide bonds. The number of rotatable bonds is 7. The molecule has 5 nitrogen and oxygen atoms in total. The highest BCUT2D eigenvalue weighted by atomic mass is 32.2. The van der Waals surface area contributed by atoms with Crippen molar-refractivity contribution in [1.82, 2.24) is 4.90 Å². The molecule has 0 bridgehead atoms. The Hall–Kier alpha value is -1.05. The number of thioether (sulfide) groups is 1. The molecule has 2 N–H and O–H groups in total. The van der Waals surface area contributed by atoms with Gasteiger partial charge >= 0.3 is 0 Å². The van der Waals surface area contributed by atoms with Crippen LogP contribution in [0, 0.1) is 0 Å². The predicted octanol–water partition coefficient (Wildman–Crippen LogP) is 2.30. The fraction of sp³-hybridized carbons (Fsp3) is 0.588. The van der Waals surface area contributed by atoms with E-state index in [1.165, 1.54) is 11.8 Å². The predicted molar refractivity (Wildman–Crippen MR) is 97.9 cm³/mol. The highest BCUT2D eigenvalue weighted by Gasteiger charge is 2.31. The van der Waals surface area contributed by atoms with Gasteiger partial charge in [-0.15, -0.1) is 11.8 Å². The quantitative estimate of drug-likeness (QED) is 0.745. The van der Waals surface area contributed by atoms with Crippen LogP contribution in [-0.4, -0.2) is 49.4 Å². The topological polar surface area (TPSA) is 80.5 Å². The van der Waals surface area contributed by atoms with Gasteiger partial charge in [-0.3, -0.25) is 4.79 Å². The van der Waals surface area contributed by atoms with E-state index < -0.39 is 9.84 Å². The van der Waals surface area contributed by atoms with Gasteiger partial charge in [0.15, 0.2) is 9.84 Å². The molecule has 2 atom stereocenters. The summed E-state index contributed by atoms with van der Waals surface area (Å²) in [5.41, 5.74) is 5.75. The summed E-state index contributed by atoms with van der Waals surface area (Å²) in [4.78, 5) is 15.5. The van der Waals surface area contributed by atoms with Crippen molar-refractivity contribution in [3.05, 3.63) is 24.3 Å². The first-order chi connectivity index (χ1) is 11.4. The maximum Gasteiger partial charge on any atom is 0.236 e. The van der Waals surface area contributed by atoms with Crippen molar-refractivity contribution in [2.45, 2.75) is 54.2 Å². The summed E-state index contributed by atoms with van der Waals surface area (Å²) in [5.74, 6) is 0.157. The molecular formula is C17H26N2O3S2. The molecule has 2 rings (SSSR count). The van der Waals surface area contributed by atoms with Crippen LogP contribution in [-0.2, 0) is 14.6 Å². The van der Waals surface area contributed by atoms with Gasteiger partial charge in [0, 0.05) is 24.0 Å². The Balaban J connectivity index is 2.18. The van der Waals surface area contributed by atoms with Crippen molar-refractivity contribution in [2.24, 2.45) is 5.73 Å². The molecule has 2 unspecified atom stereocenters. The summed E-state index contributed by atoms with van der Waals surface area (Å²) < 4.78 is 24.9. The van der Waals surface area contributed by atoms with Crippen LogP contribution in [0.2, 0.25) is 0 Å². The number of amides is 1. The Labute approximate surface area is 148 Å². The van der Waals surface area contributed by atoms with Crippen LogP contribution in [0.1, 0.15) is 33.1 Å². The van der Waals surface area contributed by atoms with Gasteiger partial charge in [-0.05, 0) is 38.3 Å². The summed E-state index contributed by atoms with van der Waals surface area (Å²) in [5, 5.41) is -0.338. The van der Waals surface area contributed by atoms with E-state index in [1.807, 2.05) is 24.8 Å². The summed E-state index contributed by atoms with van der Waals surface area (Å²) in [6.07, 6.45) is 2.50. The molecule has 1 fully saturated rings. The van der Waals surface area contributed by atoms with Gasteiger partial charge < -0.3 is 10.6 Å². The number of nitrogens with two attached hydrogens (primary N) is 1. The molecule has 1 heterocycles. The lowest BCUT2D eigenvalue weighted by molar-refractivity contribution is -0.130. The highest BCUT2D eigenvalue weighted by Crippen LogP contribution is 2.32. The van der Waals surface area contributed by atoms with Crippen LogP contribution < -0.4 is 5.73 Å². The Bertz CT molecular complexity index is 676. The van der Waals surface area contributed by atoms with E-state index in [9.17, 15) is 13.2 Å². The molecule has 1 aromatic rings. The summed E-state index contributed by atoms with van der Waals surface area (Å²) in [7, 11) is -3.31. The average Bonchev–Trinajstić information content (AvgIpc) is 3.03. The van der Waals surface area contributed by atoms with Gasteiger partial charge in [-0.1, -0.05) is 19.1 Å². The zero-order valence-corrected chi connectivity index (χ0v) is 15.9. The van der Waals surface area contributed by atoms with Gasteiger partial charge in [0.05, 0.1) is 15.9 Å². The summed E-state index contributed by atoms with van der Waals surface area (Å²) in [6, 6.07) is 7.05. The average molecular weight is 371 g/mol. The Kier molecular flexibility index (Phi) is 6.71. The number of nitrogens with zero attached hydrogens (tertiary/aromatic N) is 1. The van der Waals surface area contributed by atoms with E-state index in [2.05, 4.69) is 0 Å². The lowest BCUT2D eigenvalue weighted by Crippen LogP contribution is -2.43. The van der Waals surface area contributed by atoms with Crippen molar-refractivity contribution < 1.29 is 13.2 Å². The number of sulfone groups is 1. The normalized spacial score (nSPS) is 19.5. The van der Waals surface area contributed by atoms with E-state index >= 15 is 0 Å². The van der Waals surface area contributed by atoms with Crippen molar-refractivity contribution in [2.75, 3.05) is 18.8 Å². The maximum absolute atomic E-state index is 12.7. The van der Waals surface area contributed by atoms with Gasteiger partial charge in [-0.2, -0.15) is 0 Å². The van der Waals surface area contributed by atoms with E-state index in [1.54, 1.807) is 18.2 Å². The first-order valence-corrected chi connectivity index (χ1v) is 10.9. The standard InChI is InChI=1S/C17H26N2O3S2/c1-3-11-24(21,22)16-9-5-4-8-15(16)23-13(2)17(20)19-10-6-7-14(19)12-18/h4-5,8-9,13-14H,3,6-7,10-12,18H2,1-2H3. The van der Waals surface area contributed by atoms with Crippen LogP contribution in [0.15, 0.2) is 34.1 Å². The van der Waals surface area contributed by atoms with Crippen molar-refractivity contribution >= 4 is 27.5 Å². The third-order valence-corrected chi connectivity index (χ3v) is 7.51. The molecule has 134 valence electrons. The third kappa shape index (κ3) is 4.32. The van der Waals surface area contributed by atoms with E-state index in [0.29, 0.717) is 22.8 Å². The number of hydrogen-bond donors (Lipinski definition) is 1. The second kappa shape index (κ2) is 8.36. The fourth-order valence-electron chi connectivity index (χ4n) is 3.03. The third-order valence-electron chi connectivity index (χ3n) is 4.24. The summed E-state index contributed by atoms with van der Waals surface area (Å²) >= 11 is 1.32. The molecule has 0 saturated carbocycles. The Morgan fingerprint density at radius 3 is 2.79 bits per heavy atom. The second-order valence-electron chi connectivity index (χ2n) is 6.09. The first kappa shape index (κ1) is 19.3. The monoisotopic (exact) mass is 370 g/mol. The highest BCUT2D eigenvalue weighted by molar-refractivity contribution is 8.01. The minimum Gasteiger partial charge on any atom is -0.337 e. The van der Waals surface area contributed by atoms with Crippen LogP contribution in [0.3, 0.4) is 0 Å². The zero-order valence-electron chi connectivity index (χ0n) is 14.3. The molecule has 1 aromatic carbocycles. The molecule has 0 aromatic heterocycles. The molecule has 1 saturated heterocycles. The number of hydrogen-bond acceptors (Lipinski definition) is 5. The van der Waals surface area contributed by atoms with Crippen molar-refractivity contribution in [3.8, 4) is 0 Å². The SMILES string of the molecule is CCCS(=O)(=O)c1ccccc1SC(C)C(=O)N1CCCC1CN. The molecule has 7 heteroatoms. The molecule has 0 radical (unpaired) electrons. The van der Waals surface area contributed by atoms with Gasteiger partial charge in [-0.25, -0.2) is 8.42 Å². The maximum atomic E-state index is 12.7. The van der Waals surface area contributed by atoms with Crippen molar-refractivity contribution in [1.29, 1.82) is 0 Å². The molecule has 0 spiro atoms. The number of benzene rings is 1. The van der Waals surface area contributed by atoms with Crippen LogP contribution in [0.5, 0.6) is 0 Å². The van der Waals surface area contributed by atoms with Gasteiger partial charge in [0.2, 0.25) is 5.91 Å². The lowest BCUT2D eigenvalue weighted by Gasteiger charge is -2.26. The van der Waals surface area contributed by atoms with Gasteiger partial charge in [0.25, 0.3) is 0 Å². The number of likely N-dealkylation sites (tertiary alicyclic amines) is 1. The zero-order chi connectivity index (χ0) is 17.7. The van der Waals surface area contributed by atoms with E-state index in [4.69, 9.17) is 5.73 Å². The number of carbonyl (C=O) groups is 1. The molecule has 1 aliphatic heterocycles. The lowest BCUT2D eigenvalue weighted by atomic mass is 10.2. The van der Waals surface area contributed by atoms with E-state index in [0.717, 1.165) is 19.4 Å². The Morgan fingerprint density at radius 1 is 1.42 bits per heavy atom.